The topological polar surface area (TPSA) is 63.6 Å². The summed E-state index contributed by atoms with van der Waals surface area (Å²) in [7, 11) is 0. The second-order valence-corrected chi connectivity index (χ2v) is 5.72. The van der Waals surface area contributed by atoms with Crippen molar-refractivity contribution in [2.45, 2.75) is 59.3 Å². The summed E-state index contributed by atoms with van der Waals surface area (Å²) < 4.78 is 5.09. The molecule has 1 N–H and O–H groups in total. The third-order valence-electron chi connectivity index (χ3n) is 4.30. The average molecular weight is 270 g/mol. The van der Waals surface area contributed by atoms with Crippen LogP contribution in [0.2, 0.25) is 0 Å². The summed E-state index contributed by atoms with van der Waals surface area (Å²) in [6.45, 7) is 6.01. The van der Waals surface area contributed by atoms with Crippen LogP contribution >= 0.6 is 0 Å². The van der Waals surface area contributed by atoms with E-state index in [0.29, 0.717) is 18.8 Å². The number of esters is 1. The lowest BCUT2D eigenvalue weighted by Gasteiger charge is -2.39. The molecule has 0 bridgehead atoms. The molecule has 0 spiro atoms. The maximum absolute atomic E-state index is 12.3. The highest BCUT2D eigenvalue weighted by atomic mass is 16.5. The van der Waals surface area contributed by atoms with Crippen molar-refractivity contribution >= 4 is 11.9 Å². The predicted octanol–water partition coefficient (Wildman–Crippen LogP) is 3.25. The van der Waals surface area contributed by atoms with E-state index >= 15 is 0 Å². The average Bonchev–Trinajstić information content (AvgIpc) is 2.35. The van der Waals surface area contributed by atoms with Gasteiger partial charge in [0, 0.05) is 0 Å². The van der Waals surface area contributed by atoms with Crippen LogP contribution < -0.4 is 0 Å². The van der Waals surface area contributed by atoms with Gasteiger partial charge >= 0.3 is 11.9 Å². The Labute approximate surface area is 115 Å². The van der Waals surface area contributed by atoms with E-state index in [0.717, 1.165) is 25.7 Å². The van der Waals surface area contributed by atoms with Gasteiger partial charge in [-0.2, -0.15) is 0 Å². The number of hydrogen-bond donors (Lipinski definition) is 1. The fourth-order valence-corrected chi connectivity index (χ4v) is 3.38. The van der Waals surface area contributed by atoms with Crippen molar-refractivity contribution in [1.82, 2.24) is 0 Å². The van der Waals surface area contributed by atoms with Crippen LogP contribution in [-0.2, 0) is 14.3 Å². The lowest BCUT2D eigenvalue weighted by atomic mass is 9.64. The normalized spacial score (nSPS) is 26.5. The molecule has 110 valence electrons. The summed E-state index contributed by atoms with van der Waals surface area (Å²) in [5, 5.41) is 9.69. The van der Waals surface area contributed by atoms with E-state index in [1.165, 1.54) is 0 Å². The molecule has 19 heavy (non-hydrogen) atoms. The van der Waals surface area contributed by atoms with Gasteiger partial charge < -0.3 is 9.84 Å². The summed E-state index contributed by atoms with van der Waals surface area (Å²) in [6.07, 6.45) is 4.81. The van der Waals surface area contributed by atoms with Crippen LogP contribution in [-0.4, -0.2) is 23.7 Å². The number of carbonyl (C=O) groups excluding carboxylic acids is 1. The summed E-state index contributed by atoms with van der Waals surface area (Å²) in [5.41, 5.74) is -1.33. The highest BCUT2D eigenvalue weighted by Gasteiger charge is 2.53. The Bertz CT molecular complexity index is 326. The molecule has 0 aromatic heterocycles. The van der Waals surface area contributed by atoms with E-state index in [4.69, 9.17) is 4.74 Å². The molecule has 0 saturated heterocycles. The largest absolute Gasteiger partial charge is 0.480 e. The first-order valence-corrected chi connectivity index (χ1v) is 7.39. The van der Waals surface area contributed by atoms with Gasteiger partial charge in [0.25, 0.3) is 0 Å². The molecule has 4 nitrogen and oxygen atoms in total. The van der Waals surface area contributed by atoms with Crippen LogP contribution in [0, 0.1) is 17.3 Å². The summed E-state index contributed by atoms with van der Waals surface area (Å²) in [5.74, 6) is -1.15. The van der Waals surface area contributed by atoms with Crippen molar-refractivity contribution in [1.29, 1.82) is 0 Å². The molecule has 1 saturated carbocycles. The van der Waals surface area contributed by atoms with Gasteiger partial charge in [0.05, 0.1) is 6.61 Å². The number of hydrogen-bond acceptors (Lipinski definition) is 3. The Morgan fingerprint density at radius 3 is 2.47 bits per heavy atom. The van der Waals surface area contributed by atoms with Gasteiger partial charge in [0.1, 0.15) is 0 Å². The summed E-state index contributed by atoms with van der Waals surface area (Å²) in [6, 6.07) is 0. The second-order valence-electron chi connectivity index (χ2n) is 5.72. The fraction of sp³-hybridized carbons (Fsp3) is 0.867. The van der Waals surface area contributed by atoms with Crippen LogP contribution in [0.3, 0.4) is 0 Å². The molecular formula is C15H26O4. The van der Waals surface area contributed by atoms with Gasteiger partial charge in [-0.05, 0) is 38.0 Å². The zero-order valence-corrected chi connectivity index (χ0v) is 12.3. The van der Waals surface area contributed by atoms with Crippen LogP contribution in [0.4, 0.5) is 0 Å². The molecular weight excluding hydrogens is 244 g/mol. The van der Waals surface area contributed by atoms with Crippen molar-refractivity contribution in [2.24, 2.45) is 17.3 Å². The van der Waals surface area contributed by atoms with Gasteiger partial charge in [0.15, 0.2) is 5.41 Å². The Hall–Kier alpha value is -1.06. The van der Waals surface area contributed by atoms with E-state index in [1.807, 2.05) is 6.92 Å². The highest BCUT2D eigenvalue weighted by Crippen LogP contribution is 2.45. The van der Waals surface area contributed by atoms with E-state index in [2.05, 4.69) is 6.92 Å². The lowest BCUT2D eigenvalue weighted by molar-refractivity contribution is -0.175. The summed E-state index contributed by atoms with van der Waals surface area (Å²) in [4.78, 5) is 24.1. The first kappa shape index (κ1) is 16.0. The Morgan fingerprint density at radius 1 is 1.32 bits per heavy atom. The molecule has 1 aliphatic carbocycles. The molecule has 0 aromatic carbocycles. The summed E-state index contributed by atoms with van der Waals surface area (Å²) >= 11 is 0. The third kappa shape index (κ3) is 3.28. The van der Waals surface area contributed by atoms with Gasteiger partial charge in [-0.1, -0.05) is 33.1 Å². The first-order chi connectivity index (χ1) is 8.98. The van der Waals surface area contributed by atoms with Gasteiger partial charge in [-0.15, -0.1) is 0 Å². The van der Waals surface area contributed by atoms with Gasteiger partial charge in [-0.25, -0.2) is 0 Å². The maximum atomic E-state index is 12.3. The molecule has 3 atom stereocenters. The molecule has 0 aromatic rings. The number of carboxylic acids is 1. The van der Waals surface area contributed by atoms with Crippen molar-refractivity contribution in [2.75, 3.05) is 6.61 Å². The van der Waals surface area contributed by atoms with Crippen LogP contribution in [0.15, 0.2) is 0 Å². The van der Waals surface area contributed by atoms with E-state index < -0.39 is 17.4 Å². The minimum atomic E-state index is -1.33. The number of ether oxygens (including phenoxy) is 1. The van der Waals surface area contributed by atoms with Crippen LogP contribution in [0.25, 0.3) is 0 Å². The molecule has 0 radical (unpaired) electrons. The van der Waals surface area contributed by atoms with Crippen molar-refractivity contribution in [3.8, 4) is 0 Å². The number of carbonyl (C=O) groups is 2. The third-order valence-corrected chi connectivity index (χ3v) is 4.30. The zero-order valence-electron chi connectivity index (χ0n) is 12.3. The zero-order chi connectivity index (χ0) is 14.5. The fourth-order valence-electron chi connectivity index (χ4n) is 3.38. The van der Waals surface area contributed by atoms with Crippen molar-refractivity contribution < 1.29 is 19.4 Å². The first-order valence-electron chi connectivity index (χ1n) is 7.39. The molecule has 1 rings (SSSR count). The number of carboxylic acid groups (broad SMARTS) is 1. The maximum Gasteiger partial charge on any atom is 0.323 e. The van der Waals surface area contributed by atoms with Gasteiger partial charge in [-0.3, -0.25) is 9.59 Å². The second kappa shape index (κ2) is 6.92. The number of aliphatic carboxylic acids is 1. The Morgan fingerprint density at radius 2 is 2.00 bits per heavy atom. The lowest BCUT2D eigenvalue weighted by Crippen LogP contribution is -2.48. The van der Waals surface area contributed by atoms with E-state index in [1.54, 1.807) is 6.92 Å². The quantitative estimate of drug-likeness (QED) is 0.594. The monoisotopic (exact) mass is 270 g/mol. The van der Waals surface area contributed by atoms with Crippen molar-refractivity contribution in [3.63, 3.8) is 0 Å². The standard InChI is InChI=1S/C15H26O4/c1-4-9-15(13(16)17,14(18)19-5-2)12-8-6-7-11(3)10-12/h11-12H,4-10H2,1-3H3,(H,16,17). The van der Waals surface area contributed by atoms with E-state index in [-0.39, 0.29) is 12.5 Å². The minimum Gasteiger partial charge on any atom is -0.480 e. The van der Waals surface area contributed by atoms with Crippen LogP contribution in [0.5, 0.6) is 0 Å². The number of rotatable bonds is 6. The Balaban J connectivity index is 3.07. The molecule has 0 aliphatic heterocycles. The molecule has 0 amide bonds. The SMILES string of the molecule is CCCC(C(=O)O)(C(=O)OCC)C1CCCC(C)C1. The molecule has 0 heterocycles. The smallest absolute Gasteiger partial charge is 0.323 e. The predicted molar refractivity (Wildman–Crippen MR) is 72.7 cm³/mol. The highest BCUT2D eigenvalue weighted by molar-refractivity contribution is 5.99. The Kier molecular flexibility index (Phi) is 5.83. The minimum absolute atomic E-state index is 0.0900. The van der Waals surface area contributed by atoms with Crippen molar-refractivity contribution in [3.05, 3.63) is 0 Å². The molecule has 1 aliphatic rings. The van der Waals surface area contributed by atoms with Crippen LogP contribution in [0.1, 0.15) is 59.3 Å². The molecule has 3 unspecified atom stereocenters. The van der Waals surface area contributed by atoms with E-state index in [9.17, 15) is 14.7 Å². The van der Waals surface area contributed by atoms with Gasteiger partial charge in [0.2, 0.25) is 0 Å². The molecule has 1 fully saturated rings. The molecule has 4 heteroatoms.